The van der Waals surface area contributed by atoms with Gasteiger partial charge in [0.05, 0.1) is 0 Å². The van der Waals surface area contributed by atoms with Crippen molar-refractivity contribution in [1.29, 1.82) is 0 Å². The molecule has 2 aromatic carbocycles. The Morgan fingerprint density at radius 1 is 0.920 bits per heavy atom. The minimum absolute atomic E-state index is 0.197. The fourth-order valence-corrected chi connectivity index (χ4v) is 4.95. The van der Waals surface area contributed by atoms with E-state index in [0.29, 0.717) is 24.3 Å². The van der Waals surface area contributed by atoms with E-state index in [1.165, 1.54) is 24.0 Å². The zero-order valence-electron chi connectivity index (χ0n) is 15.0. The molecule has 0 bridgehead atoms. The maximum atomic E-state index is 12.9. The molecule has 2 aromatic rings. The lowest BCUT2D eigenvalue weighted by Gasteiger charge is -2.50. The van der Waals surface area contributed by atoms with Crippen LogP contribution in [-0.4, -0.2) is 16.7 Å². The van der Waals surface area contributed by atoms with E-state index in [0.717, 1.165) is 12.8 Å². The lowest BCUT2D eigenvalue weighted by atomic mass is 9.73. The Bertz CT molecular complexity index is 711. The topological polar surface area (TPSA) is 20.3 Å². The molecule has 0 amide bonds. The predicted octanol–water partition coefficient (Wildman–Crippen LogP) is 5.32. The number of hydrogen-bond acceptors (Lipinski definition) is 2. The van der Waals surface area contributed by atoms with E-state index in [2.05, 4.69) is 72.5 Å². The van der Waals surface area contributed by atoms with Gasteiger partial charge in [-0.05, 0) is 30.9 Å². The Hall–Kier alpha value is -1.93. The summed E-state index contributed by atoms with van der Waals surface area (Å²) in [7, 11) is 0. The Morgan fingerprint density at radius 3 is 2.28 bits per heavy atom. The van der Waals surface area contributed by atoms with Gasteiger partial charge in [0.1, 0.15) is 5.78 Å². The second-order valence-corrected chi connectivity index (χ2v) is 7.59. The Kier molecular flexibility index (Phi) is 4.72. The van der Waals surface area contributed by atoms with Gasteiger partial charge in [-0.1, -0.05) is 73.5 Å². The maximum Gasteiger partial charge on any atom is 0.139 e. The fraction of sp³-hybridized carbons (Fsp3) is 0.435. The molecule has 2 fully saturated rings. The van der Waals surface area contributed by atoms with E-state index >= 15 is 0 Å². The summed E-state index contributed by atoms with van der Waals surface area (Å²) in [6, 6.07) is 22.3. The quantitative estimate of drug-likeness (QED) is 0.757. The van der Waals surface area contributed by atoms with Gasteiger partial charge in [0, 0.05) is 30.5 Å². The molecule has 1 aliphatic heterocycles. The van der Waals surface area contributed by atoms with Crippen molar-refractivity contribution in [1.82, 2.24) is 4.90 Å². The molecule has 2 nitrogen and oxygen atoms in total. The Balaban J connectivity index is 1.74. The van der Waals surface area contributed by atoms with Crippen LogP contribution in [0.1, 0.15) is 62.2 Å². The number of fused-ring (bicyclic) bond motifs is 1. The number of carbonyl (C=O) groups excluding carboxylic acids is 1. The molecule has 1 saturated heterocycles. The number of rotatable bonds is 3. The molecule has 1 saturated carbocycles. The van der Waals surface area contributed by atoms with Crippen molar-refractivity contribution >= 4 is 5.78 Å². The minimum atomic E-state index is 0.197. The van der Waals surface area contributed by atoms with Crippen molar-refractivity contribution in [3.8, 4) is 0 Å². The standard InChI is InChI=1S/C23H27NO/c1-17(18-10-4-2-5-11-18)24-21-15-9-8-14-20(21)23(25)16-22(24)19-12-6-3-7-13-19/h2-7,10-13,17,20-22H,8-9,14-16H2,1H3/t17-,20-,21-,22-/m1/s1. The fourth-order valence-electron chi connectivity index (χ4n) is 4.95. The number of hydrogen-bond donors (Lipinski definition) is 0. The molecular weight excluding hydrogens is 306 g/mol. The minimum Gasteiger partial charge on any atom is -0.299 e. The maximum absolute atomic E-state index is 12.9. The molecule has 25 heavy (non-hydrogen) atoms. The van der Waals surface area contributed by atoms with E-state index in [1.54, 1.807) is 0 Å². The summed E-state index contributed by atoms with van der Waals surface area (Å²) in [4.78, 5) is 15.6. The normalized spacial score (nSPS) is 28.4. The second-order valence-electron chi connectivity index (χ2n) is 7.59. The van der Waals surface area contributed by atoms with Crippen molar-refractivity contribution in [2.75, 3.05) is 0 Å². The molecule has 2 aliphatic rings. The number of likely N-dealkylation sites (tertiary alicyclic amines) is 1. The second kappa shape index (κ2) is 7.13. The monoisotopic (exact) mass is 333 g/mol. The van der Waals surface area contributed by atoms with Gasteiger partial charge in [-0.3, -0.25) is 9.69 Å². The third-order valence-electron chi connectivity index (χ3n) is 6.19. The molecule has 2 heteroatoms. The average molecular weight is 333 g/mol. The molecular formula is C23H27NO. The van der Waals surface area contributed by atoms with E-state index in [9.17, 15) is 4.79 Å². The highest BCUT2D eigenvalue weighted by Crippen LogP contribution is 2.45. The number of benzene rings is 2. The van der Waals surface area contributed by atoms with Crippen LogP contribution in [0.4, 0.5) is 0 Å². The van der Waals surface area contributed by atoms with Crippen LogP contribution in [0.15, 0.2) is 60.7 Å². The molecule has 1 heterocycles. The first-order valence-corrected chi connectivity index (χ1v) is 9.66. The summed E-state index contributed by atoms with van der Waals surface area (Å²) in [6.07, 6.45) is 5.33. The van der Waals surface area contributed by atoms with Crippen molar-refractivity contribution < 1.29 is 4.79 Å². The molecule has 0 unspecified atom stereocenters. The number of ketones is 1. The van der Waals surface area contributed by atoms with Gasteiger partial charge in [0.2, 0.25) is 0 Å². The SMILES string of the molecule is C[C@H](c1ccccc1)N1[C@@H](c2ccccc2)CC(=O)[C@@H]2CCCC[C@H]21. The first kappa shape index (κ1) is 16.5. The molecule has 0 radical (unpaired) electrons. The van der Waals surface area contributed by atoms with Crippen LogP contribution in [0.5, 0.6) is 0 Å². The van der Waals surface area contributed by atoms with Crippen molar-refractivity contribution in [3.05, 3.63) is 71.8 Å². The first-order valence-electron chi connectivity index (χ1n) is 9.66. The number of nitrogens with zero attached hydrogens (tertiary/aromatic N) is 1. The smallest absolute Gasteiger partial charge is 0.139 e. The van der Waals surface area contributed by atoms with Gasteiger partial charge < -0.3 is 0 Å². The molecule has 0 N–H and O–H groups in total. The highest BCUT2D eigenvalue weighted by Gasteiger charge is 2.45. The summed E-state index contributed by atoms with van der Waals surface area (Å²) in [5, 5.41) is 0. The highest BCUT2D eigenvalue weighted by molar-refractivity contribution is 5.83. The summed E-state index contributed by atoms with van der Waals surface area (Å²) >= 11 is 0. The third-order valence-corrected chi connectivity index (χ3v) is 6.19. The molecule has 130 valence electrons. The average Bonchev–Trinajstić information content (AvgIpc) is 2.69. The first-order chi connectivity index (χ1) is 12.3. The summed E-state index contributed by atoms with van der Waals surface area (Å²) in [5.41, 5.74) is 2.63. The lowest BCUT2D eigenvalue weighted by Crippen LogP contribution is -2.53. The van der Waals surface area contributed by atoms with E-state index < -0.39 is 0 Å². The largest absolute Gasteiger partial charge is 0.299 e. The van der Waals surface area contributed by atoms with Crippen LogP contribution in [0.25, 0.3) is 0 Å². The Morgan fingerprint density at radius 2 is 1.56 bits per heavy atom. The zero-order chi connectivity index (χ0) is 17.2. The molecule has 4 rings (SSSR count). The number of Topliss-reactive ketones (excluding diaryl/α,β-unsaturated/α-hetero) is 1. The Labute approximate surface area is 150 Å². The van der Waals surface area contributed by atoms with Crippen molar-refractivity contribution in [2.45, 2.75) is 57.2 Å². The van der Waals surface area contributed by atoms with Crippen LogP contribution < -0.4 is 0 Å². The van der Waals surface area contributed by atoms with Crippen LogP contribution >= 0.6 is 0 Å². The van der Waals surface area contributed by atoms with Crippen molar-refractivity contribution in [3.63, 3.8) is 0 Å². The van der Waals surface area contributed by atoms with Gasteiger partial charge in [-0.25, -0.2) is 0 Å². The van der Waals surface area contributed by atoms with Gasteiger partial charge in [0.25, 0.3) is 0 Å². The molecule has 0 spiro atoms. The van der Waals surface area contributed by atoms with Crippen LogP contribution in [0.3, 0.4) is 0 Å². The van der Waals surface area contributed by atoms with E-state index in [-0.39, 0.29) is 12.0 Å². The summed E-state index contributed by atoms with van der Waals surface area (Å²) in [5.74, 6) is 0.718. The molecule has 1 aliphatic carbocycles. The third kappa shape index (κ3) is 3.16. The van der Waals surface area contributed by atoms with Gasteiger partial charge in [0.15, 0.2) is 0 Å². The summed E-state index contributed by atoms with van der Waals surface area (Å²) in [6.45, 7) is 2.31. The van der Waals surface area contributed by atoms with Crippen LogP contribution in [0, 0.1) is 5.92 Å². The molecule has 4 atom stereocenters. The van der Waals surface area contributed by atoms with Gasteiger partial charge in [-0.15, -0.1) is 0 Å². The summed E-state index contributed by atoms with van der Waals surface area (Å²) < 4.78 is 0. The highest BCUT2D eigenvalue weighted by atomic mass is 16.1. The van der Waals surface area contributed by atoms with Crippen molar-refractivity contribution in [2.24, 2.45) is 5.92 Å². The zero-order valence-corrected chi connectivity index (χ0v) is 15.0. The molecule has 0 aromatic heterocycles. The predicted molar refractivity (Wildman–Crippen MR) is 101 cm³/mol. The van der Waals surface area contributed by atoms with Gasteiger partial charge >= 0.3 is 0 Å². The van der Waals surface area contributed by atoms with Crippen LogP contribution in [0.2, 0.25) is 0 Å². The number of piperidine rings is 1. The van der Waals surface area contributed by atoms with Crippen LogP contribution in [-0.2, 0) is 4.79 Å². The van der Waals surface area contributed by atoms with E-state index in [4.69, 9.17) is 0 Å². The lowest BCUT2D eigenvalue weighted by molar-refractivity contribution is -0.136. The van der Waals surface area contributed by atoms with Gasteiger partial charge in [-0.2, -0.15) is 0 Å². The number of carbonyl (C=O) groups is 1. The van der Waals surface area contributed by atoms with E-state index in [1.807, 2.05) is 0 Å².